The Balaban J connectivity index is 1.50. The van der Waals surface area contributed by atoms with Crippen LogP contribution >= 0.6 is 0 Å². The molecule has 3 fully saturated rings. The Morgan fingerprint density at radius 1 is 0.424 bits per heavy atom. The van der Waals surface area contributed by atoms with Crippen molar-refractivity contribution in [3.05, 3.63) is 46.6 Å². The van der Waals surface area contributed by atoms with E-state index >= 15 is 4.79 Å². The normalized spacial score (nSPS) is 27.1. The van der Waals surface area contributed by atoms with Crippen molar-refractivity contribution in [3.8, 4) is 34.3 Å². The number of fused-ring (bicyclic) bond motifs is 1. The summed E-state index contributed by atoms with van der Waals surface area (Å²) >= 11 is 0. The second kappa shape index (κ2) is 28.3. The lowest BCUT2D eigenvalue weighted by Crippen LogP contribution is -2.66. The quantitative estimate of drug-likeness (QED) is 0.0945. The zero-order valence-corrected chi connectivity index (χ0v) is 48.1. The van der Waals surface area contributed by atoms with Gasteiger partial charge in [-0.2, -0.15) is 0 Å². The summed E-state index contributed by atoms with van der Waals surface area (Å²) < 4.78 is 105. The highest BCUT2D eigenvalue weighted by Crippen LogP contribution is 2.41. The first-order chi connectivity index (χ1) is 39.9. The molecule has 1 aromatic heterocycles. The number of benzene rings is 2. The predicted octanol–water partition coefficient (Wildman–Crippen LogP) is 2.68. The first-order valence-corrected chi connectivity index (χ1v) is 26.0. The van der Waals surface area contributed by atoms with Gasteiger partial charge in [-0.3, -0.25) is 57.5 Å². The highest BCUT2D eigenvalue weighted by molar-refractivity contribution is 5.91. The molecule has 15 unspecified atom stereocenters. The molecule has 15 atom stereocenters. The van der Waals surface area contributed by atoms with E-state index in [9.17, 15) is 52.7 Å². The van der Waals surface area contributed by atoms with E-state index in [4.69, 9.17) is 84.9 Å². The lowest BCUT2D eigenvalue weighted by atomic mass is 9.96. The molecule has 30 nitrogen and oxygen atoms in total. The maximum absolute atomic E-state index is 15.1. The Bertz CT molecular complexity index is 3110. The summed E-state index contributed by atoms with van der Waals surface area (Å²) in [4.78, 5) is 154. The summed E-state index contributed by atoms with van der Waals surface area (Å²) in [6.45, 7) is 13.1. The summed E-state index contributed by atoms with van der Waals surface area (Å²) in [5.74, 6) is -12.1. The van der Waals surface area contributed by atoms with Gasteiger partial charge in [0.15, 0.2) is 61.1 Å². The molecule has 6 rings (SSSR count). The van der Waals surface area contributed by atoms with Crippen LogP contribution in [0, 0.1) is 0 Å². The highest BCUT2D eigenvalue weighted by atomic mass is 16.8. The van der Waals surface area contributed by atoms with Crippen molar-refractivity contribution < 1.29 is 138 Å². The first-order valence-electron chi connectivity index (χ1n) is 26.0. The predicted molar refractivity (Wildman–Crippen MR) is 275 cm³/mol. The van der Waals surface area contributed by atoms with Crippen LogP contribution in [0.25, 0.3) is 22.3 Å². The van der Waals surface area contributed by atoms with Crippen molar-refractivity contribution in [1.82, 2.24) is 0 Å². The molecular weight excluding hydrogens is 1140 g/mol. The van der Waals surface area contributed by atoms with Crippen LogP contribution < -0.4 is 24.4 Å². The van der Waals surface area contributed by atoms with Crippen LogP contribution in [-0.4, -0.2) is 164 Å². The number of carbonyl (C=O) groups is 11. The average molecular weight is 1200 g/mol. The molecular formula is C55H62O30. The molecule has 2 aromatic carbocycles. The van der Waals surface area contributed by atoms with Gasteiger partial charge in [0.25, 0.3) is 0 Å². The number of carbonyl (C=O) groups excluding carboxylic acids is 11. The van der Waals surface area contributed by atoms with Crippen molar-refractivity contribution in [2.75, 3.05) is 6.61 Å². The van der Waals surface area contributed by atoms with Crippen molar-refractivity contribution in [1.29, 1.82) is 0 Å². The third kappa shape index (κ3) is 17.0. The molecule has 0 aliphatic carbocycles. The molecule has 85 heavy (non-hydrogen) atoms. The van der Waals surface area contributed by atoms with E-state index in [1.165, 1.54) is 38.1 Å². The minimum absolute atomic E-state index is 0.0214. The highest BCUT2D eigenvalue weighted by Gasteiger charge is 2.58. The molecule has 0 N–H and O–H groups in total. The van der Waals surface area contributed by atoms with E-state index in [2.05, 4.69) is 0 Å². The maximum Gasteiger partial charge on any atom is 0.308 e. The monoisotopic (exact) mass is 1200 g/mol. The molecule has 0 saturated carbocycles. The van der Waals surface area contributed by atoms with E-state index < -0.39 is 192 Å². The number of rotatable bonds is 19. The van der Waals surface area contributed by atoms with Gasteiger partial charge in [0, 0.05) is 93.9 Å². The Morgan fingerprint density at radius 2 is 0.835 bits per heavy atom. The Labute approximate surface area is 482 Å². The largest absolute Gasteiger partial charge is 0.457 e. The fourth-order valence-electron chi connectivity index (χ4n) is 9.40. The van der Waals surface area contributed by atoms with Gasteiger partial charge in [-0.25, -0.2) is 0 Å². The summed E-state index contributed by atoms with van der Waals surface area (Å²) in [5.41, 5.74) is -1.45. The lowest BCUT2D eigenvalue weighted by Gasteiger charge is -2.48. The third-order valence-electron chi connectivity index (χ3n) is 12.2. The molecule has 3 aromatic rings. The van der Waals surface area contributed by atoms with Crippen LogP contribution in [0.1, 0.15) is 90.0 Å². The van der Waals surface area contributed by atoms with Crippen LogP contribution in [0.3, 0.4) is 0 Å². The van der Waals surface area contributed by atoms with Crippen molar-refractivity contribution in [3.63, 3.8) is 0 Å². The van der Waals surface area contributed by atoms with Gasteiger partial charge in [-0.1, -0.05) is 0 Å². The minimum atomic E-state index is -2.14. The maximum atomic E-state index is 15.1. The van der Waals surface area contributed by atoms with E-state index in [0.717, 1.165) is 88.3 Å². The Morgan fingerprint density at radius 3 is 1.33 bits per heavy atom. The fraction of sp³-hybridized carbons (Fsp3) is 0.527. The van der Waals surface area contributed by atoms with Crippen molar-refractivity contribution in [2.45, 2.75) is 182 Å². The summed E-state index contributed by atoms with van der Waals surface area (Å²) in [6, 6.07) is 7.47. The molecule has 3 aliphatic heterocycles. The number of ether oxygens (including phenoxy) is 17. The van der Waals surface area contributed by atoms with E-state index in [0.29, 0.717) is 0 Å². The van der Waals surface area contributed by atoms with Gasteiger partial charge in [0.05, 0.1) is 18.8 Å². The molecule has 4 heterocycles. The smallest absolute Gasteiger partial charge is 0.308 e. The van der Waals surface area contributed by atoms with Crippen molar-refractivity contribution in [2.24, 2.45) is 0 Å². The molecule has 0 radical (unpaired) electrons. The second-order valence-electron chi connectivity index (χ2n) is 19.3. The van der Waals surface area contributed by atoms with E-state index in [1.807, 2.05) is 0 Å². The first kappa shape index (κ1) is 65.6. The molecule has 3 saturated heterocycles. The average Bonchev–Trinajstić information content (AvgIpc) is 1.63. The van der Waals surface area contributed by atoms with Gasteiger partial charge in [-0.15, -0.1) is 0 Å². The van der Waals surface area contributed by atoms with E-state index in [1.54, 1.807) is 0 Å². The standard InChI is InChI=1S/C55H62O30/c1-21-43(75-27(7)60)48(85-54-51(80-32(12)65)47(77-29(9)62)42(22(2)70-54)74-26(6)59)50(79-31(11)64)53(69-21)68-20-39-45(76-28(8)61)49(78-30(10)63)52(81-33(13)66)55(83-39)84-46-41(67)40-37(73-25(5)58)18-36(72-24(4)57)19-38(40)82-44(46)34-14-16-35(17-15-34)71-23(3)56/h14-19,21-22,39,42-43,45,47-55H,20H2,1-13H3. The fourth-order valence-corrected chi connectivity index (χ4v) is 9.40. The number of hydrogen-bond donors (Lipinski definition) is 0. The van der Waals surface area contributed by atoms with Crippen molar-refractivity contribution >= 4 is 76.6 Å². The molecule has 30 heteroatoms. The molecule has 0 spiro atoms. The topological polar surface area (TPSA) is 375 Å². The van der Waals surface area contributed by atoms with Crippen LogP contribution in [-0.2, 0) is 114 Å². The molecule has 0 amide bonds. The molecule has 3 aliphatic rings. The van der Waals surface area contributed by atoms with Gasteiger partial charge in [-0.05, 0) is 38.1 Å². The summed E-state index contributed by atoms with van der Waals surface area (Å²) in [7, 11) is 0. The van der Waals surface area contributed by atoms with Crippen LogP contribution in [0.15, 0.2) is 45.6 Å². The molecule has 462 valence electrons. The zero-order chi connectivity index (χ0) is 62.9. The summed E-state index contributed by atoms with van der Waals surface area (Å²) in [6.07, 6.45) is -25.7. The number of hydrogen-bond acceptors (Lipinski definition) is 30. The van der Waals surface area contributed by atoms with Crippen LogP contribution in [0.4, 0.5) is 0 Å². The summed E-state index contributed by atoms with van der Waals surface area (Å²) in [5, 5.41) is -0.488. The Kier molecular flexibility index (Phi) is 21.9. The van der Waals surface area contributed by atoms with E-state index in [-0.39, 0.29) is 22.6 Å². The molecule has 0 bridgehead atoms. The van der Waals surface area contributed by atoms with Gasteiger partial charge in [0.1, 0.15) is 40.4 Å². The third-order valence-corrected chi connectivity index (χ3v) is 12.2. The Hall–Kier alpha value is -8.58. The van der Waals surface area contributed by atoms with Gasteiger partial charge in [0.2, 0.25) is 23.6 Å². The lowest BCUT2D eigenvalue weighted by molar-refractivity contribution is -0.360. The van der Waals surface area contributed by atoms with Gasteiger partial charge < -0.3 is 84.9 Å². The number of esters is 11. The SMILES string of the molecule is CC(=O)Oc1ccc(-c2oc3cc(OC(C)=O)cc(OC(C)=O)c3c(=O)c2OC2OC(COC3OC(C)C(OC(C)=O)C(OC4OC(C)C(OC(C)=O)C(OC(C)=O)C4OC(C)=O)C3OC(C)=O)C(OC(C)=O)C(OC(C)=O)C2OC(C)=O)cc1. The second-order valence-corrected chi connectivity index (χ2v) is 19.3. The van der Waals surface area contributed by atoms with Crippen LogP contribution in [0.5, 0.6) is 23.0 Å². The zero-order valence-electron chi connectivity index (χ0n) is 48.1. The van der Waals surface area contributed by atoms with Gasteiger partial charge >= 0.3 is 65.7 Å². The van der Waals surface area contributed by atoms with Crippen LogP contribution in [0.2, 0.25) is 0 Å². The minimum Gasteiger partial charge on any atom is -0.457 e.